The lowest BCUT2D eigenvalue weighted by molar-refractivity contribution is -0.120. The molecule has 0 aromatic heterocycles. The van der Waals surface area contributed by atoms with Gasteiger partial charge in [-0.1, -0.05) is 18.2 Å². The summed E-state index contributed by atoms with van der Waals surface area (Å²) in [5.74, 6) is 0.119. The molecule has 1 aliphatic heterocycles. The van der Waals surface area contributed by atoms with Gasteiger partial charge in [-0.3, -0.25) is 9.59 Å². The predicted molar refractivity (Wildman–Crippen MR) is 69.4 cm³/mol. The topological polar surface area (TPSA) is 49.4 Å². The zero-order valence-electron chi connectivity index (χ0n) is 10.6. The van der Waals surface area contributed by atoms with E-state index >= 15 is 0 Å². The van der Waals surface area contributed by atoms with Crippen molar-refractivity contribution in [2.24, 2.45) is 0 Å². The number of nitrogens with one attached hydrogen (secondary N) is 1. The van der Waals surface area contributed by atoms with Gasteiger partial charge in [-0.05, 0) is 24.5 Å². The summed E-state index contributed by atoms with van der Waals surface area (Å²) in [6, 6.07) is 7.75. The number of rotatable bonds is 4. The summed E-state index contributed by atoms with van der Waals surface area (Å²) < 4.78 is 0. The Kier molecular flexibility index (Phi) is 3.97. The molecule has 2 rings (SSSR count). The summed E-state index contributed by atoms with van der Waals surface area (Å²) in [5, 5.41) is 2.59. The smallest absolute Gasteiger partial charge is 0.254 e. The zero-order valence-corrected chi connectivity index (χ0v) is 10.6. The summed E-state index contributed by atoms with van der Waals surface area (Å²) in [5.41, 5.74) is 1.94. The summed E-state index contributed by atoms with van der Waals surface area (Å²) in [7, 11) is 1.63. The maximum atomic E-state index is 12.2. The van der Waals surface area contributed by atoms with Crippen LogP contribution < -0.4 is 5.32 Å². The van der Waals surface area contributed by atoms with E-state index in [2.05, 4.69) is 5.32 Å². The Hall–Kier alpha value is -1.84. The van der Waals surface area contributed by atoms with Crippen LogP contribution in [0.25, 0.3) is 0 Å². The first-order valence-electron chi connectivity index (χ1n) is 6.30. The molecule has 0 spiro atoms. The number of nitrogens with zero attached hydrogens (tertiary/aromatic N) is 1. The van der Waals surface area contributed by atoms with Crippen molar-refractivity contribution >= 4 is 11.8 Å². The zero-order chi connectivity index (χ0) is 13.0. The van der Waals surface area contributed by atoms with Crippen LogP contribution in [0.1, 0.15) is 28.8 Å². The number of hydrogen-bond acceptors (Lipinski definition) is 2. The normalized spacial score (nSPS) is 14.3. The average Bonchev–Trinajstić information content (AvgIpc) is 2.41. The Morgan fingerprint density at radius 1 is 1.39 bits per heavy atom. The van der Waals surface area contributed by atoms with Crippen molar-refractivity contribution in [2.45, 2.75) is 19.3 Å². The maximum absolute atomic E-state index is 12.2. The monoisotopic (exact) mass is 246 g/mol. The molecule has 0 saturated heterocycles. The van der Waals surface area contributed by atoms with Crippen LogP contribution in [0.5, 0.6) is 0 Å². The first-order chi connectivity index (χ1) is 8.72. The van der Waals surface area contributed by atoms with Crippen LogP contribution in [0.4, 0.5) is 0 Å². The lowest BCUT2D eigenvalue weighted by Crippen LogP contribution is -2.38. The fraction of sp³-hybridized carbons (Fsp3) is 0.429. The third-order valence-electron chi connectivity index (χ3n) is 3.30. The lowest BCUT2D eigenvalue weighted by Gasteiger charge is -2.28. The first kappa shape index (κ1) is 12.6. The SMILES string of the molecule is CNC(=O)CCCN1CCc2ccccc2C1=O. The van der Waals surface area contributed by atoms with Crippen molar-refractivity contribution in [2.75, 3.05) is 20.1 Å². The van der Waals surface area contributed by atoms with Crippen molar-refractivity contribution in [3.05, 3.63) is 35.4 Å². The molecule has 1 aromatic carbocycles. The van der Waals surface area contributed by atoms with Crippen molar-refractivity contribution in [1.29, 1.82) is 0 Å². The van der Waals surface area contributed by atoms with Gasteiger partial charge in [0.15, 0.2) is 0 Å². The molecule has 2 amide bonds. The van der Waals surface area contributed by atoms with Gasteiger partial charge in [-0.25, -0.2) is 0 Å². The highest BCUT2D eigenvalue weighted by Gasteiger charge is 2.23. The van der Waals surface area contributed by atoms with Gasteiger partial charge in [-0.2, -0.15) is 0 Å². The molecular formula is C14H18N2O2. The fourth-order valence-electron chi connectivity index (χ4n) is 2.24. The average molecular weight is 246 g/mol. The van der Waals surface area contributed by atoms with Gasteiger partial charge in [0.2, 0.25) is 5.91 Å². The predicted octanol–water partition coefficient (Wildman–Crippen LogP) is 1.21. The number of carbonyl (C=O) groups is 2. The third-order valence-corrected chi connectivity index (χ3v) is 3.30. The second kappa shape index (κ2) is 5.67. The van der Waals surface area contributed by atoms with E-state index in [1.54, 1.807) is 7.05 Å². The van der Waals surface area contributed by atoms with E-state index in [0.29, 0.717) is 19.4 Å². The van der Waals surface area contributed by atoms with Gasteiger partial charge in [0.1, 0.15) is 0 Å². The van der Waals surface area contributed by atoms with Gasteiger partial charge in [0.25, 0.3) is 5.91 Å². The molecule has 0 saturated carbocycles. The highest BCUT2D eigenvalue weighted by Crippen LogP contribution is 2.18. The summed E-state index contributed by atoms with van der Waals surface area (Å²) in [4.78, 5) is 25.1. The number of amides is 2. The van der Waals surface area contributed by atoms with Crippen LogP contribution >= 0.6 is 0 Å². The minimum absolute atomic E-state index is 0.0276. The molecular weight excluding hydrogens is 228 g/mol. The molecule has 1 aromatic rings. The van der Waals surface area contributed by atoms with Gasteiger partial charge in [0, 0.05) is 32.1 Å². The lowest BCUT2D eigenvalue weighted by atomic mass is 9.99. The minimum atomic E-state index is 0.0276. The van der Waals surface area contributed by atoms with Crippen LogP contribution in [0.15, 0.2) is 24.3 Å². The highest BCUT2D eigenvalue weighted by atomic mass is 16.2. The second-order valence-corrected chi connectivity index (χ2v) is 4.48. The molecule has 1 aliphatic rings. The minimum Gasteiger partial charge on any atom is -0.359 e. The Balaban J connectivity index is 1.93. The molecule has 18 heavy (non-hydrogen) atoms. The summed E-state index contributed by atoms with van der Waals surface area (Å²) in [6.45, 7) is 1.41. The van der Waals surface area contributed by atoms with Crippen molar-refractivity contribution in [1.82, 2.24) is 10.2 Å². The maximum Gasteiger partial charge on any atom is 0.254 e. The Morgan fingerprint density at radius 2 is 2.17 bits per heavy atom. The standard InChI is InChI=1S/C14H18N2O2/c1-15-13(17)7-4-9-16-10-8-11-5-2-3-6-12(11)14(16)18/h2-3,5-6H,4,7-10H2,1H3,(H,15,17). The van der Waals surface area contributed by atoms with E-state index in [1.807, 2.05) is 29.2 Å². The van der Waals surface area contributed by atoms with E-state index in [4.69, 9.17) is 0 Å². The second-order valence-electron chi connectivity index (χ2n) is 4.48. The van der Waals surface area contributed by atoms with Crippen LogP contribution in [0, 0.1) is 0 Å². The molecule has 96 valence electrons. The van der Waals surface area contributed by atoms with Gasteiger partial charge < -0.3 is 10.2 Å². The van der Waals surface area contributed by atoms with E-state index in [1.165, 1.54) is 0 Å². The third kappa shape index (κ3) is 2.70. The van der Waals surface area contributed by atoms with E-state index in [9.17, 15) is 9.59 Å². The quantitative estimate of drug-likeness (QED) is 0.868. The number of hydrogen-bond donors (Lipinski definition) is 1. The van der Waals surface area contributed by atoms with Crippen LogP contribution in [0.2, 0.25) is 0 Å². The molecule has 0 fully saturated rings. The Labute approximate surface area is 107 Å². The van der Waals surface area contributed by atoms with Gasteiger partial charge in [0.05, 0.1) is 0 Å². The Morgan fingerprint density at radius 3 is 2.94 bits per heavy atom. The molecule has 1 heterocycles. The van der Waals surface area contributed by atoms with Gasteiger partial charge in [-0.15, -0.1) is 0 Å². The Bertz CT molecular complexity index is 457. The number of fused-ring (bicyclic) bond motifs is 1. The van der Waals surface area contributed by atoms with Crippen LogP contribution in [-0.2, 0) is 11.2 Å². The van der Waals surface area contributed by atoms with Gasteiger partial charge >= 0.3 is 0 Å². The van der Waals surface area contributed by atoms with Crippen LogP contribution in [-0.4, -0.2) is 36.9 Å². The molecule has 0 aliphatic carbocycles. The van der Waals surface area contributed by atoms with Crippen molar-refractivity contribution in [3.63, 3.8) is 0 Å². The molecule has 1 N–H and O–H groups in total. The molecule has 0 bridgehead atoms. The molecule has 4 heteroatoms. The van der Waals surface area contributed by atoms with E-state index in [-0.39, 0.29) is 11.8 Å². The molecule has 0 unspecified atom stereocenters. The highest BCUT2D eigenvalue weighted by molar-refractivity contribution is 5.96. The van der Waals surface area contributed by atoms with Crippen molar-refractivity contribution in [3.8, 4) is 0 Å². The number of carbonyl (C=O) groups excluding carboxylic acids is 2. The van der Waals surface area contributed by atoms with E-state index in [0.717, 1.165) is 24.1 Å². The molecule has 0 radical (unpaired) electrons. The summed E-state index contributed by atoms with van der Waals surface area (Å²) in [6.07, 6.45) is 2.09. The molecule has 4 nitrogen and oxygen atoms in total. The summed E-state index contributed by atoms with van der Waals surface area (Å²) >= 11 is 0. The van der Waals surface area contributed by atoms with Crippen molar-refractivity contribution < 1.29 is 9.59 Å². The first-order valence-corrected chi connectivity index (χ1v) is 6.30. The largest absolute Gasteiger partial charge is 0.359 e. The fourth-order valence-corrected chi connectivity index (χ4v) is 2.24. The van der Waals surface area contributed by atoms with E-state index < -0.39 is 0 Å². The molecule has 0 atom stereocenters. The number of benzene rings is 1. The van der Waals surface area contributed by atoms with Crippen LogP contribution in [0.3, 0.4) is 0 Å².